The third-order valence-electron chi connectivity index (χ3n) is 11.5. The predicted octanol–water partition coefficient (Wildman–Crippen LogP) is -3.89. The van der Waals surface area contributed by atoms with Crippen LogP contribution in [-0.2, 0) is 71.2 Å². The molecule has 3 aliphatic rings. The molecule has 12 N–H and O–H groups in total. The van der Waals surface area contributed by atoms with Gasteiger partial charge in [-0.15, -0.1) is 0 Å². The highest BCUT2D eigenvalue weighted by atomic mass is 32.7. The number of nitrogens with two attached hydrogens (primary N) is 2. The van der Waals surface area contributed by atoms with Crippen molar-refractivity contribution in [1.29, 1.82) is 0 Å². The lowest BCUT2D eigenvalue weighted by Crippen LogP contribution is -2.45. The van der Waals surface area contributed by atoms with Crippen LogP contribution in [0.4, 0.5) is 11.8 Å². The monoisotopic (exact) mass is 1150 g/mol. The molecule has 3 saturated heterocycles. The second-order valence-electron chi connectivity index (χ2n) is 16.3. The summed E-state index contributed by atoms with van der Waals surface area (Å²) in [5.41, 5.74) is 9.35. The first-order valence-corrected chi connectivity index (χ1v) is 28.7. The number of nitrogens with one attached hydrogen (secondary N) is 2. The van der Waals surface area contributed by atoms with Gasteiger partial charge >= 0.3 is 33.8 Å². The number of H-pyrrole nitrogens is 2. The van der Waals surface area contributed by atoms with Gasteiger partial charge in [-0.05, 0) is 11.4 Å². The third-order valence-corrected chi connectivity index (χ3v) is 19.1. The van der Waals surface area contributed by atoms with E-state index in [0.29, 0.717) is 0 Å². The molecule has 16 atom stereocenters. The number of hydrogen-bond donors (Lipinski definition) is 10. The summed E-state index contributed by atoms with van der Waals surface area (Å²) in [6.45, 7) is -7.89. The van der Waals surface area contributed by atoms with Crippen molar-refractivity contribution in [3.63, 3.8) is 0 Å². The summed E-state index contributed by atoms with van der Waals surface area (Å²) in [5, 5.41) is 32.5. The standard InChI is InChI=1S/C33H46N12O24P4S/c1-42-12-45(27-19(42)28(50)41-32(35)40-27)29-20(47)13(6-60-2)16(66-29)9-74-73(58,59)69-72(56,57)68-71(54,55)63-8-15-23(24(61-3)31(65-15)44-11-38-18-25(34)36-10-37-26(18)44)67-70(52,53)62-7-14-21(48)22(49)30(64-14)43-5-4-17(46)39-33(43)51/h4-5,10-16,20-24,29-31,47-49H,6-9H2,1-3H3,(H9-,34,35,36,37,39,40,41,46,50,51,52,53,54,55,56,57,58,59)/t13-,14-,15-,16-,20-,21-,22-,23-,24-,29-,30-,31-/m1/s1. The van der Waals surface area contributed by atoms with Gasteiger partial charge in [-0.1, -0.05) is 4.98 Å². The van der Waals surface area contributed by atoms with E-state index in [4.69, 9.17) is 48.7 Å². The molecule has 74 heavy (non-hydrogen) atoms. The van der Waals surface area contributed by atoms with Crippen molar-refractivity contribution >= 4 is 75.7 Å². The van der Waals surface area contributed by atoms with Crippen LogP contribution >= 0.6 is 41.6 Å². The summed E-state index contributed by atoms with van der Waals surface area (Å²) < 4.78 is 110. The highest BCUT2D eigenvalue weighted by molar-refractivity contribution is 8.55. The summed E-state index contributed by atoms with van der Waals surface area (Å²) in [6, 6.07) is 0.919. The summed E-state index contributed by atoms with van der Waals surface area (Å²) >= 11 is -0.00830. The van der Waals surface area contributed by atoms with E-state index in [1.54, 1.807) is 0 Å². The molecule has 5 aromatic rings. The zero-order valence-electron chi connectivity index (χ0n) is 38.1. The summed E-state index contributed by atoms with van der Waals surface area (Å²) in [6.07, 6.45) is -13.2. The smallest absolute Gasteiger partial charge is 0.488 e. The number of phosphoric acid groups is 3. The van der Waals surface area contributed by atoms with E-state index in [9.17, 15) is 67.5 Å². The number of aromatic nitrogens is 10. The van der Waals surface area contributed by atoms with Gasteiger partial charge in [0.25, 0.3) is 24.9 Å². The molecule has 41 heteroatoms. The molecule has 5 aromatic heterocycles. The number of phosphoric ester groups is 2. The van der Waals surface area contributed by atoms with Crippen molar-refractivity contribution in [2.75, 3.05) is 51.3 Å². The second-order valence-corrected chi connectivity index (χ2v) is 24.8. The molecule has 8 heterocycles. The van der Waals surface area contributed by atoms with Crippen LogP contribution in [0.2, 0.25) is 0 Å². The quantitative estimate of drug-likeness (QED) is 0.0248. The summed E-state index contributed by atoms with van der Waals surface area (Å²) in [5.74, 6) is -1.83. The van der Waals surface area contributed by atoms with Crippen LogP contribution in [0.15, 0.2) is 45.6 Å². The Kier molecular flexibility index (Phi) is 16.4. The van der Waals surface area contributed by atoms with Gasteiger partial charge in [-0.25, -0.2) is 38.0 Å². The molecule has 0 radical (unpaired) electrons. The van der Waals surface area contributed by atoms with Gasteiger partial charge in [0.15, 0.2) is 30.2 Å². The molecule has 0 bridgehead atoms. The minimum Gasteiger partial charge on any atom is -0.756 e. The van der Waals surface area contributed by atoms with Crippen LogP contribution < -0.4 is 37.7 Å². The van der Waals surface area contributed by atoms with Crippen LogP contribution in [0, 0.1) is 5.92 Å². The van der Waals surface area contributed by atoms with Crippen LogP contribution in [0.25, 0.3) is 22.3 Å². The second kappa shape index (κ2) is 21.7. The first-order chi connectivity index (χ1) is 34.7. The van der Waals surface area contributed by atoms with E-state index in [1.807, 2.05) is 4.98 Å². The van der Waals surface area contributed by atoms with Gasteiger partial charge in [-0.3, -0.25) is 42.3 Å². The van der Waals surface area contributed by atoms with Crippen LogP contribution in [-0.4, -0.2) is 162 Å². The lowest BCUT2D eigenvalue weighted by atomic mass is 10.00. The Morgan fingerprint density at radius 1 is 0.851 bits per heavy atom. The van der Waals surface area contributed by atoms with Crippen LogP contribution in [0.1, 0.15) is 18.7 Å². The van der Waals surface area contributed by atoms with Gasteiger partial charge in [0.05, 0.1) is 39.3 Å². The van der Waals surface area contributed by atoms with Crippen molar-refractivity contribution in [1.82, 2.24) is 43.6 Å². The molecule has 0 saturated carbocycles. The SMILES string of the molecule is COC[C@H]1[C@@H](O)[C@H]([n+]2cn(C)c3c(=O)[nH]c(N)nc32)O[C@@H]1CSP(=O)(O)OP(=O)(O)OP(=O)(O)OC[C@H]1O[C@@H](n2cnc3c(N)ncnc32)[C@H](OC)[C@@H]1OP(=O)([O-])OC[C@H]1O[C@@H](n2ccc(=O)[nH]c2=O)[C@H](O)[C@@H]1O. The number of aromatic amines is 2. The van der Waals surface area contributed by atoms with E-state index in [-0.39, 0.29) is 52.1 Å². The minimum atomic E-state index is -6.08. The number of aryl methyl sites for hydroxylation is 1. The Labute approximate surface area is 416 Å². The lowest BCUT2D eigenvalue weighted by molar-refractivity contribution is -0.745. The normalized spacial score (nSPS) is 30.6. The number of methoxy groups -OCH3 is 2. The molecule has 408 valence electrons. The van der Waals surface area contributed by atoms with Gasteiger partial charge < -0.3 is 79.1 Å². The van der Waals surface area contributed by atoms with Gasteiger partial charge in [0.2, 0.25) is 11.7 Å². The highest BCUT2D eigenvalue weighted by Crippen LogP contribution is 2.71. The van der Waals surface area contributed by atoms with Crippen molar-refractivity contribution in [3.8, 4) is 0 Å². The molecule has 0 aliphatic carbocycles. The predicted molar refractivity (Wildman–Crippen MR) is 241 cm³/mol. The van der Waals surface area contributed by atoms with Crippen LogP contribution in [0.3, 0.4) is 0 Å². The van der Waals surface area contributed by atoms with E-state index >= 15 is 0 Å². The van der Waals surface area contributed by atoms with Gasteiger partial charge in [0.1, 0.15) is 54.6 Å². The summed E-state index contributed by atoms with van der Waals surface area (Å²) in [7, 11) is -13.8. The molecule has 3 aliphatic heterocycles. The molecule has 0 amide bonds. The molecule has 0 aromatic carbocycles. The number of imidazole rings is 2. The number of aliphatic hydroxyl groups excluding tert-OH is 3. The first kappa shape index (κ1) is 56.0. The molecular formula is C33H46N12O24P4S. The van der Waals surface area contributed by atoms with Crippen molar-refractivity contribution < 1.29 is 104 Å². The Bertz CT molecular complexity index is 3270. The number of aliphatic hydroxyl groups is 3. The highest BCUT2D eigenvalue weighted by Gasteiger charge is 2.53. The van der Waals surface area contributed by atoms with Gasteiger partial charge in [0, 0.05) is 38.2 Å². The number of hydrogen-bond acceptors (Lipinski definition) is 28. The molecule has 4 unspecified atom stereocenters. The average Bonchev–Trinajstić information content (AvgIpc) is 4.10. The molecule has 0 spiro atoms. The lowest BCUT2D eigenvalue weighted by Gasteiger charge is -2.31. The van der Waals surface area contributed by atoms with E-state index < -0.39 is 139 Å². The largest absolute Gasteiger partial charge is 0.756 e. The Balaban J connectivity index is 0.939. The van der Waals surface area contributed by atoms with Crippen LogP contribution in [0.5, 0.6) is 0 Å². The average molecular weight is 1150 g/mol. The fraction of sp³-hybridized carbons (Fsp3) is 0.576. The Morgan fingerprint density at radius 3 is 2.27 bits per heavy atom. The van der Waals surface area contributed by atoms with Crippen molar-refractivity contribution in [2.45, 2.75) is 67.5 Å². The van der Waals surface area contributed by atoms with Crippen molar-refractivity contribution in [2.24, 2.45) is 13.0 Å². The molecule has 3 fully saturated rings. The van der Waals surface area contributed by atoms with Gasteiger partial charge in [-0.2, -0.15) is 8.62 Å². The minimum absolute atomic E-state index is 0.00320. The molecule has 8 rings (SSSR count). The number of nitrogen functional groups attached to an aromatic ring is 2. The zero-order chi connectivity index (χ0) is 53.8. The molecular weight excluding hydrogens is 1100 g/mol. The Morgan fingerprint density at radius 2 is 1.57 bits per heavy atom. The number of nitrogens with zero attached hydrogens (tertiary/aromatic N) is 8. The van der Waals surface area contributed by atoms with E-state index in [2.05, 4.69) is 33.5 Å². The zero-order valence-corrected chi connectivity index (χ0v) is 42.5. The maximum absolute atomic E-state index is 13.5. The maximum Gasteiger partial charge on any atom is 0.488 e. The summed E-state index contributed by atoms with van der Waals surface area (Å²) in [4.78, 5) is 102. The van der Waals surface area contributed by atoms with Crippen molar-refractivity contribution in [3.05, 3.63) is 62.4 Å². The number of rotatable bonds is 21. The van der Waals surface area contributed by atoms with E-state index in [0.717, 1.165) is 36.6 Å². The Hall–Kier alpha value is -4.23. The fourth-order valence-corrected chi connectivity index (χ4v) is 15.2. The maximum atomic E-state index is 13.5. The number of ether oxygens (including phenoxy) is 5. The van der Waals surface area contributed by atoms with E-state index in [1.165, 1.54) is 34.2 Å². The first-order valence-electron chi connectivity index (χ1n) is 21.1. The topological polar surface area (TPSA) is 510 Å². The number of fused-ring (bicyclic) bond motifs is 2. The third kappa shape index (κ3) is 11.8. The molecule has 36 nitrogen and oxygen atoms in total. The number of anilines is 2. The fourth-order valence-electron chi connectivity index (χ4n) is 8.27.